The molecule has 8 heteroatoms. The van der Waals surface area contributed by atoms with Crippen molar-refractivity contribution in [1.82, 2.24) is 24.9 Å². The Balaban J connectivity index is 1.46. The third-order valence-electron chi connectivity index (χ3n) is 4.17. The monoisotopic (exact) mass is 330 g/mol. The molecule has 0 aliphatic carbocycles. The maximum atomic E-state index is 12.1. The molecule has 1 N–H and O–H groups in total. The van der Waals surface area contributed by atoms with Gasteiger partial charge in [0.25, 0.3) is 0 Å². The first-order valence-electron chi connectivity index (χ1n) is 8.08. The summed E-state index contributed by atoms with van der Waals surface area (Å²) in [6, 6.07) is 3.73. The maximum Gasteiger partial charge on any atom is 0.243 e. The third-order valence-corrected chi connectivity index (χ3v) is 4.17. The van der Waals surface area contributed by atoms with E-state index in [2.05, 4.69) is 37.2 Å². The zero-order chi connectivity index (χ0) is 16.9. The van der Waals surface area contributed by atoms with Gasteiger partial charge in [0.15, 0.2) is 5.82 Å². The van der Waals surface area contributed by atoms with Gasteiger partial charge in [-0.2, -0.15) is 4.98 Å². The summed E-state index contributed by atoms with van der Waals surface area (Å²) in [6.45, 7) is 7.66. The van der Waals surface area contributed by atoms with Gasteiger partial charge in [-0.1, -0.05) is 5.16 Å². The molecule has 2 aromatic rings. The first-order chi connectivity index (χ1) is 11.6. The first kappa shape index (κ1) is 16.5. The number of aromatic nitrogens is 3. The lowest BCUT2D eigenvalue weighted by atomic mass is 10.2. The molecule has 3 rings (SSSR count). The van der Waals surface area contributed by atoms with E-state index in [1.54, 1.807) is 18.5 Å². The molecule has 1 saturated heterocycles. The van der Waals surface area contributed by atoms with Gasteiger partial charge in [0.1, 0.15) is 0 Å². The molecule has 0 bridgehead atoms. The summed E-state index contributed by atoms with van der Waals surface area (Å²) in [6.07, 6.45) is 3.32. The van der Waals surface area contributed by atoms with Crippen molar-refractivity contribution in [3.05, 3.63) is 36.2 Å². The minimum Gasteiger partial charge on any atom is -0.338 e. The van der Waals surface area contributed by atoms with Gasteiger partial charge >= 0.3 is 0 Å². The number of nitrogens with one attached hydrogen (secondary N) is 1. The highest BCUT2D eigenvalue weighted by Gasteiger charge is 2.26. The van der Waals surface area contributed by atoms with E-state index < -0.39 is 0 Å². The largest absolute Gasteiger partial charge is 0.338 e. The van der Waals surface area contributed by atoms with Crippen molar-refractivity contribution >= 4 is 11.6 Å². The Kier molecular flexibility index (Phi) is 5.17. The summed E-state index contributed by atoms with van der Waals surface area (Å²) in [5, 5.41) is 6.71. The summed E-state index contributed by atoms with van der Waals surface area (Å²) in [4.78, 5) is 24.8. The molecule has 128 valence electrons. The molecule has 1 aliphatic heterocycles. The number of carbonyl (C=O) groups excluding carboxylic acids is 1. The van der Waals surface area contributed by atoms with Crippen molar-refractivity contribution in [2.24, 2.45) is 0 Å². The van der Waals surface area contributed by atoms with E-state index in [1.165, 1.54) is 0 Å². The Morgan fingerprint density at radius 1 is 1.38 bits per heavy atom. The topological polar surface area (TPSA) is 87.4 Å². The van der Waals surface area contributed by atoms with Crippen molar-refractivity contribution in [2.75, 3.05) is 38.0 Å². The Hall–Kier alpha value is -2.32. The molecule has 24 heavy (non-hydrogen) atoms. The lowest BCUT2D eigenvalue weighted by molar-refractivity contribution is -0.117. The summed E-state index contributed by atoms with van der Waals surface area (Å²) in [5.74, 6) is 1.29. The first-order valence-corrected chi connectivity index (χ1v) is 8.08. The minimum absolute atomic E-state index is 0.0166. The maximum absolute atomic E-state index is 12.1. The van der Waals surface area contributed by atoms with Crippen LogP contribution < -0.4 is 5.32 Å². The molecule has 1 fully saturated rings. The van der Waals surface area contributed by atoms with Crippen molar-refractivity contribution in [2.45, 2.75) is 19.9 Å². The van der Waals surface area contributed by atoms with E-state index in [-0.39, 0.29) is 11.9 Å². The number of rotatable bonds is 5. The van der Waals surface area contributed by atoms with Gasteiger partial charge < -0.3 is 9.84 Å². The number of anilines is 1. The Labute approximate surface area is 140 Å². The average Bonchev–Trinajstić information content (AvgIpc) is 3.02. The normalized spacial score (nSPS) is 17.6. The molecule has 0 radical (unpaired) electrons. The summed E-state index contributed by atoms with van der Waals surface area (Å²) < 4.78 is 5.25. The van der Waals surface area contributed by atoms with E-state index in [9.17, 15) is 4.79 Å². The Morgan fingerprint density at radius 2 is 2.17 bits per heavy atom. The summed E-state index contributed by atoms with van der Waals surface area (Å²) >= 11 is 0. The van der Waals surface area contributed by atoms with Crippen LogP contribution in [0.15, 0.2) is 29.0 Å². The minimum atomic E-state index is -0.0166. The Morgan fingerprint density at radius 3 is 2.79 bits per heavy atom. The van der Waals surface area contributed by atoms with Crippen LogP contribution in [0.5, 0.6) is 0 Å². The lowest BCUT2D eigenvalue weighted by Crippen LogP contribution is -2.49. The van der Waals surface area contributed by atoms with Crippen LogP contribution in [0, 0.1) is 6.92 Å². The molecule has 0 aromatic carbocycles. The van der Waals surface area contributed by atoms with E-state index in [4.69, 9.17) is 4.52 Å². The van der Waals surface area contributed by atoms with E-state index in [1.807, 2.05) is 13.0 Å². The van der Waals surface area contributed by atoms with Crippen LogP contribution in [0.25, 0.3) is 0 Å². The molecule has 0 saturated carbocycles. The van der Waals surface area contributed by atoms with Crippen molar-refractivity contribution in [3.63, 3.8) is 0 Å². The molecular weight excluding hydrogens is 308 g/mol. The van der Waals surface area contributed by atoms with E-state index in [0.29, 0.717) is 18.3 Å². The fourth-order valence-corrected chi connectivity index (χ4v) is 2.79. The van der Waals surface area contributed by atoms with E-state index >= 15 is 0 Å². The number of carbonyl (C=O) groups is 1. The number of pyridine rings is 1. The second-order valence-corrected chi connectivity index (χ2v) is 5.96. The molecule has 0 spiro atoms. The van der Waals surface area contributed by atoms with Gasteiger partial charge in [-0.3, -0.25) is 19.6 Å². The molecule has 2 aromatic heterocycles. The number of nitrogens with zero attached hydrogens (tertiary/aromatic N) is 5. The average molecular weight is 330 g/mol. The van der Waals surface area contributed by atoms with Crippen LogP contribution >= 0.6 is 0 Å². The van der Waals surface area contributed by atoms with Gasteiger partial charge in [-0.15, -0.1) is 0 Å². The molecule has 1 unspecified atom stereocenters. The second kappa shape index (κ2) is 7.50. The predicted molar refractivity (Wildman–Crippen MR) is 88.3 cm³/mol. The van der Waals surface area contributed by atoms with E-state index in [0.717, 1.165) is 31.9 Å². The van der Waals surface area contributed by atoms with Crippen LogP contribution in [0.1, 0.15) is 24.7 Å². The Bertz CT molecular complexity index is 666. The van der Waals surface area contributed by atoms with Crippen LogP contribution in [0.2, 0.25) is 0 Å². The number of aryl methyl sites for hydroxylation is 1. The highest BCUT2D eigenvalue weighted by molar-refractivity contribution is 5.92. The van der Waals surface area contributed by atoms with Crippen LogP contribution in [-0.4, -0.2) is 63.6 Å². The fourth-order valence-electron chi connectivity index (χ4n) is 2.79. The molecule has 1 amide bonds. The molecule has 1 atom stereocenters. The highest BCUT2D eigenvalue weighted by Crippen LogP contribution is 2.19. The van der Waals surface area contributed by atoms with Crippen LogP contribution in [0.4, 0.5) is 5.69 Å². The zero-order valence-corrected chi connectivity index (χ0v) is 14.0. The number of piperazine rings is 1. The third kappa shape index (κ3) is 4.15. The number of hydrogen-bond donors (Lipinski definition) is 1. The second-order valence-electron chi connectivity index (χ2n) is 5.96. The standard InChI is InChI=1S/C16H22N6O2/c1-12(16-18-13(2)20-24-16)22-8-6-21(7-9-22)11-15(23)19-14-4-3-5-17-10-14/h3-5,10,12H,6-9,11H2,1-2H3,(H,19,23). The molecule has 3 heterocycles. The van der Waals surface area contributed by atoms with Crippen LogP contribution in [-0.2, 0) is 4.79 Å². The van der Waals surface area contributed by atoms with Crippen molar-refractivity contribution in [3.8, 4) is 0 Å². The molecule has 1 aliphatic rings. The van der Waals surface area contributed by atoms with Crippen molar-refractivity contribution < 1.29 is 9.32 Å². The fraction of sp³-hybridized carbons (Fsp3) is 0.500. The van der Waals surface area contributed by atoms with Gasteiger partial charge in [0, 0.05) is 32.4 Å². The van der Waals surface area contributed by atoms with Gasteiger partial charge in [-0.25, -0.2) is 0 Å². The number of amides is 1. The zero-order valence-electron chi connectivity index (χ0n) is 14.0. The lowest BCUT2D eigenvalue weighted by Gasteiger charge is -2.36. The molecular formula is C16H22N6O2. The quantitative estimate of drug-likeness (QED) is 0.878. The number of hydrogen-bond acceptors (Lipinski definition) is 7. The van der Waals surface area contributed by atoms with Gasteiger partial charge in [0.05, 0.1) is 24.5 Å². The predicted octanol–water partition coefficient (Wildman–Crippen LogP) is 1.09. The smallest absolute Gasteiger partial charge is 0.243 e. The molecule has 8 nitrogen and oxygen atoms in total. The summed E-state index contributed by atoms with van der Waals surface area (Å²) in [5.41, 5.74) is 0.724. The van der Waals surface area contributed by atoms with Gasteiger partial charge in [-0.05, 0) is 26.0 Å². The van der Waals surface area contributed by atoms with Crippen molar-refractivity contribution in [1.29, 1.82) is 0 Å². The van der Waals surface area contributed by atoms with Gasteiger partial charge in [0.2, 0.25) is 11.8 Å². The summed E-state index contributed by atoms with van der Waals surface area (Å²) in [7, 11) is 0. The highest BCUT2D eigenvalue weighted by atomic mass is 16.5. The SMILES string of the molecule is Cc1noc(C(C)N2CCN(CC(=O)Nc3cccnc3)CC2)n1. The van der Waals surface area contributed by atoms with Crippen LogP contribution in [0.3, 0.4) is 0 Å².